The second-order valence-electron chi connectivity index (χ2n) is 2.01. The van der Waals surface area contributed by atoms with Crippen LogP contribution in [0.5, 0.6) is 0 Å². The maximum absolute atomic E-state index is 11.5. The predicted octanol–water partition coefficient (Wildman–Crippen LogP) is 2.32. The van der Waals surface area contributed by atoms with Crippen LogP contribution in [-0.2, 0) is 4.74 Å². The molecule has 0 rings (SSSR count). The third-order valence-electron chi connectivity index (χ3n) is 1.17. The molecule has 0 fully saturated rings. The Hall–Kier alpha value is -0.110. The van der Waals surface area contributed by atoms with Crippen LogP contribution in [0.4, 0.5) is 4.39 Å². The second-order valence-corrected chi connectivity index (χ2v) is 2.01. The fraction of sp³-hybridized carbons (Fsp3) is 0.857. The minimum atomic E-state index is -0.189. The highest BCUT2D eigenvalue weighted by molar-refractivity contribution is 4.40. The molecular weight excluding hydrogens is 119 g/mol. The highest BCUT2D eigenvalue weighted by atomic mass is 19.1. The summed E-state index contributed by atoms with van der Waals surface area (Å²) in [6.07, 6.45) is 3.72. The van der Waals surface area contributed by atoms with Crippen LogP contribution < -0.4 is 0 Å². The van der Waals surface area contributed by atoms with E-state index < -0.39 is 0 Å². The number of hydrogen-bond acceptors (Lipinski definition) is 1. The van der Waals surface area contributed by atoms with Crippen molar-refractivity contribution in [1.82, 2.24) is 0 Å². The molecule has 0 amide bonds. The molecule has 0 bridgehead atoms. The zero-order chi connectivity index (χ0) is 6.95. The Labute approximate surface area is 56.2 Å². The Morgan fingerprint density at radius 1 is 1.11 bits per heavy atom. The van der Waals surface area contributed by atoms with Gasteiger partial charge in [0.2, 0.25) is 0 Å². The lowest BCUT2D eigenvalue weighted by molar-refractivity contribution is 0.233. The van der Waals surface area contributed by atoms with Gasteiger partial charge in [-0.05, 0) is 12.8 Å². The van der Waals surface area contributed by atoms with E-state index in [1.165, 1.54) is 0 Å². The molecule has 0 unspecified atom stereocenters. The van der Waals surface area contributed by atoms with Crippen molar-refractivity contribution in [3.63, 3.8) is 0 Å². The fourth-order valence-corrected chi connectivity index (χ4v) is 0.652. The molecule has 0 aliphatic carbocycles. The van der Waals surface area contributed by atoms with Crippen molar-refractivity contribution in [3.05, 3.63) is 7.11 Å². The summed E-state index contributed by atoms with van der Waals surface area (Å²) >= 11 is 0. The molecule has 0 aliphatic rings. The van der Waals surface area contributed by atoms with Gasteiger partial charge in [-0.2, -0.15) is 0 Å². The summed E-state index contributed by atoms with van der Waals surface area (Å²) in [5.74, 6) is 0. The number of ether oxygens (including phenoxy) is 1. The van der Waals surface area contributed by atoms with E-state index in [1.54, 1.807) is 0 Å². The van der Waals surface area contributed by atoms with Crippen molar-refractivity contribution < 1.29 is 9.13 Å². The first-order chi connectivity index (χ1) is 4.41. The van der Waals surface area contributed by atoms with E-state index in [0.717, 1.165) is 19.3 Å². The lowest BCUT2D eigenvalue weighted by Crippen LogP contribution is -1.86. The number of alkyl halides is 1. The number of unbranched alkanes of at least 4 members (excludes halogenated alkanes) is 3. The topological polar surface area (TPSA) is 9.23 Å². The predicted molar refractivity (Wildman–Crippen MR) is 35.8 cm³/mol. The van der Waals surface area contributed by atoms with Gasteiger partial charge in [-0.25, -0.2) is 0 Å². The van der Waals surface area contributed by atoms with Crippen LogP contribution in [0, 0.1) is 7.11 Å². The monoisotopic (exact) mass is 133 g/mol. The molecule has 0 saturated carbocycles. The van der Waals surface area contributed by atoms with Gasteiger partial charge in [0.25, 0.3) is 0 Å². The maximum atomic E-state index is 11.5. The molecule has 0 aromatic heterocycles. The molecular formula is C7H14FO. The standard InChI is InChI=1S/C7H14FO/c1-9-7-5-3-2-4-6-8/h1-7H2. The van der Waals surface area contributed by atoms with Gasteiger partial charge in [-0.3, -0.25) is 4.39 Å². The summed E-state index contributed by atoms with van der Waals surface area (Å²) in [5.41, 5.74) is 0. The van der Waals surface area contributed by atoms with Crippen molar-refractivity contribution in [2.45, 2.75) is 25.7 Å². The van der Waals surface area contributed by atoms with E-state index in [1.807, 2.05) is 0 Å². The summed E-state index contributed by atoms with van der Waals surface area (Å²) in [5, 5.41) is 0. The van der Waals surface area contributed by atoms with Crippen LogP contribution >= 0.6 is 0 Å². The SMILES string of the molecule is [CH2]OCCCCCCF. The zero-order valence-corrected chi connectivity index (χ0v) is 5.74. The summed E-state index contributed by atoms with van der Waals surface area (Å²) in [4.78, 5) is 0. The first-order valence-electron chi connectivity index (χ1n) is 3.34. The Morgan fingerprint density at radius 3 is 2.33 bits per heavy atom. The maximum Gasteiger partial charge on any atom is 0.0894 e. The molecule has 0 aromatic carbocycles. The van der Waals surface area contributed by atoms with E-state index in [-0.39, 0.29) is 6.67 Å². The molecule has 0 N–H and O–H groups in total. The largest absolute Gasteiger partial charge is 0.379 e. The van der Waals surface area contributed by atoms with Crippen LogP contribution in [0.3, 0.4) is 0 Å². The van der Waals surface area contributed by atoms with Gasteiger partial charge in [0.15, 0.2) is 0 Å². The molecule has 9 heavy (non-hydrogen) atoms. The average Bonchev–Trinajstić information content (AvgIpc) is 1.89. The van der Waals surface area contributed by atoms with Crippen molar-refractivity contribution in [1.29, 1.82) is 0 Å². The summed E-state index contributed by atoms with van der Waals surface area (Å²) in [6.45, 7) is 0.511. The lowest BCUT2D eigenvalue weighted by Gasteiger charge is -1.96. The molecule has 0 heterocycles. The number of rotatable bonds is 6. The van der Waals surface area contributed by atoms with Gasteiger partial charge >= 0.3 is 0 Å². The molecule has 0 saturated heterocycles. The van der Waals surface area contributed by atoms with Gasteiger partial charge in [0.05, 0.1) is 13.8 Å². The lowest BCUT2D eigenvalue weighted by atomic mass is 10.2. The van der Waals surface area contributed by atoms with Crippen LogP contribution in [-0.4, -0.2) is 13.3 Å². The first-order valence-corrected chi connectivity index (χ1v) is 3.34. The molecule has 0 spiro atoms. The zero-order valence-electron chi connectivity index (χ0n) is 5.74. The third-order valence-corrected chi connectivity index (χ3v) is 1.17. The molecule has 1 nitrogen and oxygen atoms in total. The van der Waals surface area contributed by atoms with E-state index >= 15 is 0 Å². The van der Waals surface area contributed by atoms with Crippen LogP contribution in [0.2, 0.25) is 0 Å². The van der Waals surface area contributed by atoms with Gasteiger partial charge in [-0.15, -0.1) is 0 Å². The smallest absolute Gasteiger partial charge is 0.0894 e. The van der Waals surface area contributed by atoms with Gasteiger partial charge in [0, 0.05) is 6.61 Å². The molecule has 55 valence electrons. The second kappa shape index (κ2) is 7.89. The highest BCUT2D eigenvalue weighted by Gasteiger charge is 1.87. The summed E-state index contributed by atoms with van der Waals surface area (Å²) in [7, 11) is 3.23. The Kier molecular flexibility index (Phi) is 7.79. The van der Waals surface area contributed by atoms with Gasteiger partial charge in [0.1, 0.15) is 0 Å². The van der Waals surface area contributed by atoms with E-state index in [4.69, 9.17) is 0 Å². The Morgan fingerprint density at radius 2 is 1.78 bits per heavy atom. The molecule has 0 aromatic rings. The van der Waals surface area contributed by atoms with E-state index in [0.29, 0.717) is 13.0 Å². The van der Waals surface area contributed by atoms with Crippen molar-refractivity contribution >= 4 is 0 Å². The summed E-state index contributed by atoms with van der Waals surface area (Å²) < 4.78 is 16.0. The normalized spacial score (nSPS) is 10.0. The highest BCUT2D eigenvalue weighted by Crippen LogP contribution is 1.99. The Balaban J connectivity index is 2.60. The molecule has 0 atom stereocenters. The van der Waals surface area contributed by atoms with Crippen molar-refractivity contribution in [2.75, 3.05) is 13.3 Å². The van der Waals surface area contributed by atoms with Gasteiger partial charge in [-0.1, -0.05) is 12.8 Å². The summed E-state index contributed by atoms with van der Waals surface area (Å²) in [6, 6.07) is 0. The molecule has 1 radical (unpaired) electrons. The Bertz CT molecular complexity index is 42.2. The fourth-order valence-electron chi connectivity index (χ4n) is 0.652. The third kappa shape index (κ3) is 7.89. The van der Waals surface area contributed by atoms with Crippen LogP contribution in [0.1, 0.15) is 25.7 Å². The number of hydrogen-bond donors (Lipinski definition) is 0. The quantitative estimate of drug-likeness (QED) is 0.505. The van der Waals surface area contributed by atoms with Crippen LogP contribution in [0.15, 0.2) is 0 Å². The van der Waals surface area contributed by atoms with Crippen molar-refractivity contribution in [3.8, 4) is 0 Å². The van der Waals surface area contributed by atoms with Gasteiger partial charge < -0.3 is 4.74 Å². The first kappa shape index (κ1) is 8.89. The minimum absolute atomic E-state index is 0.189. The number of halogens is 1. The average molecular weight is 133 g/mol. The molecule has 2 heteroatoms. The van der Waals surface area contributed by atoms with E-state index in [9.17, 15) is 4.39 Å². The molecule has 0 aliphatic heterocycles. The minimum Gasteiger partial charge on any atom is -0.379 e. The van der Waals surface area contributed by atoms with E-state index in [2.05, 4.69) is 11.8 Å². The van der Waals surface area contributed by atoms with Crippen LogP contribution in [0.25, 0.3) is 0 Å². The van der Waals surface area contributed by atoms with Crippen molar-refractivity contribution in [2.24, 2.45) is 0 Å².